The minimum absolute atomic E-state index is 0.0475. The molecule has 0 radical (unpaired) electrons. The quantitative estimate of drug-likeness (QED) is 0.449. The number of halogens is 1. The molecule has 12 heteroatoms. The third-order valence-electron chi connectivity index (χ3n) is 7.93. The summed E-state index contributed by atoms with van der Waals surface area (Å²) in [7, 11) is 0. The van der Waals surface area contributed by atoms with Crippen molar-refractivity contribution in [3.8, 4) is 0 Å². The Bertz CT molecular complexity index is 1190. The van der Waals surface area contributed by atoms with Gasteiger partial charge in [-0.2, -0.15) is 9.78 Å². The fourth-order valence-corrected chi connectivity index (χ4v) is 7.48. The van der Waals surface area contributed by atoms with Crippen LogP contribution in [0.15, 0.2) is 6.20 Å². The molecule has 4 saturated carbocycles. The molecular weight excluding hydrogens is 462 g/mol. The van der Waals surface area contributed by atoms with E-state index < -0.39 is 10.8 Å². The summed E-state index contributed by atoms with van der Waals surface area (Å²) in [6.07, 6.45) is 7.39. The van der Waals surface area contributed by atoms with Crippen LogP contribution < -0.4 is 11.1 Å². The third kappa shape index (κ3) is 3.57. The van der Waals surface area contributed by atoms with Crippen LogP contribution in [0.4, 0.5) is 11.5 Å². The van der Waals surface area contributed by atoms with Gasteiger partial charge < -0.3 is 21.2 Å². The fourth-order valence-electron chi connectivity index (χ4n) is 7.30. The fraction of sp³-hybridized carbons (Fsp3) is 0.636. The van der Waals surface area contributed by atoms with Gasteiger partial charge in [-0.1, -0.05) is 11.6 Å². The predicted octanol–water partition coefficient (Wildman–Crippen LogP) is 3.39. The lowest BCUT2D eigenvalue weighted by Gasteiger charge is -2.61. The standard InChI is InChI=1S/C22H28ClN7O4/c1-3-28-10-15(18(26-28)19(24)32)25-16(31)9-21-5-13-4-14(6-21)8-22(7-13,11-21)29-12(2)17(23)20(27-29)30(33)34/h10,13-14H,3-9,11H2,1-2H3,(H2,24,32)(H,25,31). The number of hydrogen-bond donors (Lipinski definition) is 2. The first kappa shape index (κ1) is 22.8. The van der Waals surface area contributed by atoms with Crippen LogP contribution in [0.25, 0.3) is 0 Å². The second-order valence-electron chi connectivity index (χ2n) is 10.4. The molecule has 0 aromatic carbocycles. The van der Waals surface area contributed by atoms with E-state index in [0.29, 0.717) is 42.6 Å². The normalized spacial score (nSPS) is 29.4. The molecular formula is C22H28ClN7O4. The molecule has 11 nitrogen and oxygen atoms in total. The summed E-state index contributed by atoms with van der Waals surface area (Å²) in [5.74, 6) is -0.326. The van der Waals surface area contributed by atoms with E-state index in [1.807, 2.05) is 6.92 Å². The molecule has 4 aliphatic rings. The summed E-state index contributed by atoms with van der Waals surface area (Å²) in [6.45, 7) is 4.20. The molecule has 2 unspecified atom stereocenters. The summed E-state index contributed by atoms with van der Waals surface area (Å²) in [6, 6.07) is 0. The average molecular weight is 490 g/mol. The summed E-state index contributed by atoms with van der Waals surface area (Å²) < 4.78 is 3.35. The number of rotatable bonds is 7. The molecule has 182 valence electrons. The molecule has 2 aromatic rings. The van der Waals surface area contributed by atoms with E-state index in [0.717, 1.165) is 32.1 Å². The van der Waals surface area contributed by atoms with Gasteiger partial charge in [0, 0.05) is 19.2 Å². The largest absolute Gasteiger partial charge is 0.408 e. The summed E-state index contributed by atoms with van der Waals surface area (Å²) in [5, 5.41) is 22.9. The lowest BCUT2D eigenvalue weighted by atomic mass is 9.46. The highest BCUT2D eigenvalue weighted by molar-refractivity contribution is 6.33. The van der Waals surface area contributed by atoms with E-state index in [-0.39, 0.29) is 33.4 Å². The molecule has 34 heavy (non-hydrogen) atoms. The Morgan fingerprint density at radius 1 is 1.29 bits per heavy atom. The van der Waals surface area contributed by atoms with Gasteiger partial charge in [0.15, 0.2) is 10.7 Å². The number of hydrogen-bond acceptors (Lipinski definition) is 6. The molecule has 2 heterocycles. The Balaban J connectivity index is 1.42. The number of primary amides is 1. The maximum absolute atomic E-state index is 13.2. The van der Waals surface area contributed by atoms with Crippen molar-refractivity contribution in [3.05, 3.63) is 32.7 Å². The maximum atomic E-state index is 13.2. The van der Waals surface area contributed by atoms with Crippen LogP contribution in [-0.4, -0.2) is 36.3 Å². The molecule has 2 atom stereocenters. The highest BCUT2D eigenvalue weighted by Crippen LogP contribution is 2.65. The van der Waals surface area contributed by atoms with Crippen LogP contribution in [0.1, 0.15) is 68.1 Å². The van der Waals surface area contributed by atoms with Crippen molar-refractivity contribution in [1.82, 2.24) is 19.6 Å². The number of nitro groups is 1. The predicted molar refractivity (Wildman–Crippen MR) is 123 cm³/mol. The molecule has 4 fully saturated rings. The van der Waals surface area contributed by atoms with Gasteiger partial charge in [0.05, 0.1) is 22.0 Å². The zero-order valence-corrected chi connectivity index (χ0v) is 20.0. The number of nitrogens with zero attached hydrogens (tertiary/aromatic N) is 5. The molecule has 0 saturated heterocycles. The summed E-state index contributed by atoms with van der Waals surface area (Å²) in [4.78, 5) is 35.9. The van der Waals surface area contributed by atoms with E-state index in [1.54, 1.807) is 22.5 Å². The van der Waals surface area contributed by atoms with Gasteiger partial charge in [-0.3, -0.25) is 14.3 Å². The zero-order valence-electron chi connectivity index (χ0n) is 19.2. The van der Waals surface area contributed by atoms with Crippen molar-refractivity contribution in [1.29, 1.82) is 0 Å². The second-order valence-corrected chi connectivity index (χ2v) is 10.8. The Morgan fingerprint density at radius 2 is 1.97 bits per heavy atom. The molecule has 0 aliphatic heterocycles. The minimum Gasteiger partial charge on any atom is -0.364 e. The Labute approximate surface area is 201 Å². The molecule has 0 spiro atoms. The second kappa shape index (κ2) is 7.79. The highest BCUT2D eigenvalue weighted by Gasteiger charge is 2.60. The Morgan fingerprint density at radius 3 is 2.53 bits per heavy atom. The van der Waals surface area contributed by atoms with E-state index >= 15 is 0 Å². The first-order valence-electron chi connectivity index (χ1n) is 11.6. The van der Waals surface area contributed by atoms with Crippen molar-refractivity contribution in [2.45, 2.75) is 70.9 Å². The average Bonchev–Trinajstić information content (AvgIpc) is 3.28. The number of aryl methyl sites for hydroxylation is 1. The molecule has 3 N–H and O–H groups in total. The summed E-state index contributed by atoms with van der Waals surface area (Å²) in [5.41, 5.74) is 5.81. The van der Waals surface area contributed by atoms with Gasteiger partial charge in [0.25, 0.3) is 5.91 Å². The number of amides is 2. The van der Waals surface area contributed by atoms with Crippen LogP contribution in [0.5, 0.6) is 0 Å². The number of anilines is 1. The number of carbonyl (C=O) groups excluding carboxylic acids is 2. The van der Waals surface area contributed by atoms with Crippen molar-refractivity contribution in [2.24, 2.45) is 23.0 Å². The van der Waals surface area contributed by atoms with Crippen LogP contribution in [0.3, 0.4) is 0 Å². The first-order valence-corrected chi connectivity index (χ1v) is 12.0. The summed E-state index contributed by atoms with van der Waals surface area (Å²) >= 11 is 6.28. The van der Waals surface area contributed by atoms with Crippen LogP contribution in [-0.2, 0) is 16.9 Å². The van der Waals surface area contributed by atoms with Crippen LogP contribution in [0.2, 0.25) is 5.02 Å². The number of nitrogens with one attached hydrogen (secondary N) is 1. The van der Waals surface area contributed by atoms with E-state index in [4.69, 9.17) is 17.3 Å². The lowest BCUT2D eigenvalue weighted by molar-refractivity contribution is -0.389. The minimum atomic E-state index is -0.691. The van der Waals surface area contributed by atoms with Crippen molar-refractivity contribution < 1.29 is 14.5 Å². The number of aromatic nitrogens is 4. The van der Waals surface area contributed by atoms with Gasteiger partial charge in [-0.25, -0.2) is 0 Å². The monoisotopic (exact) mass is 489 g/mol. The van der Waals surface area contributed by atoms with Gasteiger partial charge in [0.2, 0.25) is 5.91 Å². The zero-order chi connectivity index (χ0) is 24.4. The molecule has 2 amide bonds. The Hall–Kier alpha value is -2.95. The molecule has 4 aliphatic carbocycles. The van der Waals surface area contributed by atoms with E-state index in [2.05, 4.69) is 15.5 Å². The van der Waals surface area contributed by atoms with Gasteiger partial charge in [0.1, 0.15) is 0 Å². The molecule has 2 aromatic heterocycles. The number of nitrogens with two attached hydrogens (primary N) is 1. The third-order valence-corrected chi connectivity index (χ3v) is 8.37. The smallest absolute Gasteiger partial charge is 0.364 e. The lowest BCUT2D eigenvalue weighted by Crippen LogP contribution is -2.57. The van der Waals surface area contributed by atoms with E-state index in [9.17, 15) is 19.7 Å². The molecule has 6 rings (SSSR count). The van der Waals surface area contributed by atoms with Crippen LogP contribution >= 0.6 is 11.6 Å². The van der Waals surface area contributed by atoms with Gasteiger partial charge >= 0.3 is 5.82 Å². The topological polar surface area (TPSA) is 151 Å². The van der Waals surface area contributed by atoms with E-state index in [1.165, 1.54) is 0 Å². The van der Waals surface area contributed by atoms with Crippen molar-refractivity contribution >= 4 is 34.9 Å². The van der Waals surface area contributed by atoms with Gasteiger partial charge in [-0.05, 0) is 74.5 Å². The maximum Gasteiger partial charge on any atom is 0.408 e. The SMILES string of the molecule is CCn1cc(NC(=O)CC23CC4CC(C2)CC(n2nc([N+](=O)[O-])c(Cl)c2C)(C4)C3)c(C(N)=O)n1. The van der Waals surface area contributed by atoms with Gasteiger partial charge in [-0.15, -0.1) is 0 Å². The highest BCUT2D eigenvalue weighted by atomic mass is 35.5. The van der Waals surface area contributed by atoms with Crippen molar-refractivity contribution in [3.63, 3.8) is 0 Å². The Kier molecular flexibility index (Phi) is 5.23. The van der Waals surface area contributed by atoms with Crippen molar-refractivity contribution in [2.75, 3.05) is 5.32 Å². The number of carbonyl (C=O) groups is 2. The first-order chi connectivity index (χ1) is 16.0. The van der Waals surface area contributed by atoms with Crippen LogP contribution in [0, 0.1) is 34.3 Å². The molecule has 4 bridgehead atoms.